The molecule has 1 saturated heterocycles. The number of hydrogen-bond acceptors (Lipinski definition) is 4. The molecule has 0 spiro atoms. The molecule has 3 N–H and O–H groups in total. The van der Waals surface area contributed by atoms with Gasteiger partial charge in [0.25, 0.3) is 0 Å². The minimum absolute atomic E-state index is 0.0851. The first-order valence-electron chi connectivity index (χ1n) is 6.90. The summed E-state index contributed by atoms with van der Waals surface area (Å²) in [6.07, 6.45) is 1.49. The van der Waals surface area contributed by atoms with Gasteiger partial charge in [0.2, 0.25) is 5.91 Å². The molecule has 0 radical (unpaired) electrons. The molecule has 1 saturated carbocycles. The van der Waals surface area contributed by atoms with E-state index in [0.29, 0.717) is 13.0 Å². The van der Waals surface area contributed by atoms with E-state index in [2.05, 4.69) is 15.5 Å². The van der Waals surface area contributed by atoms with E-state index in [1.807, 2.05) is 13.8 Å². The van der Waals surface area contributed by atoms with Crippen LogP contribution in [0.1, 0.15) is 26.7 Å². The van der Waals surface area contributed by atoms with E-state index in [4.69, 9.17) is 0 Å². The number of aliphatic hydroxyl groups excluding tert-OH is 1. The molecule has 0 aromatic heterocycles. The van der Waals surface area contributed by atoms with Crippen LogP contribution in [0.3, 0.4) is 0 Å². The predicted molar refractivity (Wildman–Crippen MR) is 70.3 cm³/mol. The maximum absolute atomic E-state index is 12.0. The van der Waals surface area contributed by atoms with Crippen LogP contribution in [-0.2, 0) is 4.79 Å². The Balaban J connectivity index is 1.75. The van der Waals surface area contributed by atoms with Crippen LogP contribution in [0.2, 0.25) is 0 Å². The molecule has 1 heterocycles. The van der Waals surface area contributed by atoms with Gasteiger partial charge in [-0.1, -0.05) is 13.8 Å². The lowest BCUT2D eigenvalue weighted by Crippen LogP contribution is -2.62. The Morgan fingerprint density at radius 3 is 2.89 bits per heavy atom. The summed E-state index contributed by atoms with van der Waals surface area (Å²) in [5, 5.41) is 16.0. The molecule has 18 heavy (non-hydrogen) atoms. The molecular formula is C13H25N3O2. The van der Waals surface area contributed by atoms with E-state index < -0.39 is 0 Å². The highest BCUT2D eigenvalue weighted by molar-refractivity contribution is 5.78. The van der Waals surface area contributed by atoms with Crippen LogP contribution in [0, 0.1) is 5.41 Å². The molecule has 0 aromatic rings. The molecular weight excluding hydrogens is 230 g/mol. The van der Waals surface area contributed by atoms with Gasteiger partial charge in [0, 0.05) is 24.5 Å². The number of rotatable bonds is 3. The van der Waals surface area contributed by atoms with Crippen molar-refractivity contribution in [2.75, 3.05) is 32.7 Å². The van der Waals surface area contributed by atoms with Gasteiger partial charge in [-0.05, 0) is 25.9 Å². The number of aliphatic hydroxyl groups is 1. The molecule has 2 rings (SSSR count). The van der Waals surface area contributed by atoms with Crippen molar-refractivity contribution in [2.45, 2.75) is 38.8 Å². The zero-order valence-electron chi connectivity index (χ0n) is 11.4. The van der Waals surface area contributed by atoms with E-state index in [1.54, 1.807) is 0 Å². The average molecular weight is 255 g/mol. The molecule has 2 fully saturated rings. The fourth-order valence-corrected chi connectivity index (χ4v) is 2.65. The minimum Gasteiger partial charge on any atom is -0.392 e. The SMILES string of the molecule is CC1(C)C(O)CC1NC(=O)CN1CCCNCC1. The second-order valence-electron chi connectivity index (χ2n) is 6.07. The molecule has 2 unspecified atom stereocenters. The Morgan fingerprint density at radius 1 is 1.44 bits per heavy atom. The first-order chi connectivity index (χ1) is 8.50. The Hall–Kier alpha value is -0.650. The second kappa shape index (κ2) is 5.55. The highest BCUT2D eigenvalue weighted by atomic mass is 16.3. The summed E-state index contributed by atoms with van der Waals surface area (Å²) in [4.78, 5) is 14.2. The summed E-state index contributed by atoms with van der Waals surface area (Å²) < 4.78 is 0. The summed E-state index contributed by atoms with van der Waals surface area (Å²) in [6, 6.07) is 0.116. The van der Waals surface area contributed by atoms with Gasteiger partial charge in [0.15, 0.2) is 0 Å². The van der Waals surface area contributed by atoms with Crippen LogP contribution in [0.25, 0.3) is 0 Å². The number of nitrogens with zero attached hydrogens (tertiary/aromatic N) is 1. The summed E-state index contributed by atoms with van der Waals surface area (Å²) in [5.74, 6) is 0.0851. The third-order valence-corrected chi connectivity index (χ3v) is 4.35. The van der Waals surface area contributed by atoms with E-state index >= 15 is 0 Å². The molecule has 1 aliphatic heterocycles. The monoisotopic (exact) mass is 255 g/mol. The number of hydrogen-bond donors (Lipinski definition) is 3. The Kier molecular flexibility index (Phi) is 4.25. The summed E-state index contributed by atoms with van der Waals surface area (Å²) in [5.41, 5.74) is -0.185. The number of amides is 1. The van der Waals surface area contributed by atoms with Crippen molar-refractivity contribution in [3.8, 4) is 0 Å². The maximum atomic E-state index is 12.0. The number of carbonyl (C=O) groups excluding carboxylic acids is 1. The number of nitrogens with one attached hydrogen (secondary N) is 2. The van der Waals surface area contributed by atoms with Gasteiger partial charge < -0.3 is 15.7 Å². The smallest absolute Gasteiger partial charge is 0.234 e. The molecule has 1 amide bonds. The molecule has 2 aliphatic rings. The lowest BCUT2D eigenvalue weighted by Gasteiger charge is -2.49. The molecule has 5 nitrogen and oxygen atoms in total. The summed E-state index contributed by atoms with van der Waals surface area (Å²) >= 11 is 0. The molecule has 104 valence electrons. The van der Waals surface area contributed by atoms with Crippen LogP contribution in [0.15, 0.2) is 0 Å². The van der Waals surface area contributed by atoms with E-state index in [-0.39, 0.29) is 23.5 Å². The minimum atomic E-state index is -0.287. The third kappa shape index (κ3) is 3.02. The summed E-state index contributed by atoms with van der Waals surface area (Å²) in [6.45, 7) is 8.40. The van der Waals surface area contributed by atoms with Gasteiger partial charge >= 0.3 is 0 Å². The lowest BCUT2D eigenvalue weighted by molar-refractivity contribution is -0.130. The molecule has 2 atom stereocenters. The fourth-order valence-electron chi connectivity index (χ4n) is 2.65. The van der Waals surface area contributed by atoms with Crippen molar-refractivity contribution in [1.29, 1.82) is 0 Å². The normalized spacial score (nSPS) is 32.4. The van der Waals surface area contributed by atoms with Gasteiger partial charge in [0.05, 0.1) is 12.6 Å². The van der Waals surface area contributed by atoms with Gasteiger partial charge in [-0.15, -0.1) is 0 Å². The predicted octanol–water partition coefficient (Wildman–Crippen LogP) is -0.443. The Labute approximate surface area is 109 Å². The van der Waals surface area contributed by atoms with E-state index in [1.165, 1.54) is 0 Å². The highest BCUT2D eigenvalue weighted by Crippen LogP contribution is 2.40. The van der Waals surface area contributed by atoms with Gasteiger partial charge in [0.1, 0.15) is 0 Å². The molecule has 0 bridgehead atoms. The Morgan fingerprint density at radius 2 is 2.22 bits per heavy atom. The topological polar surface area (TPSA) is 64.6 Å². The third-order valence-electron chi connectivity index (χ3n) is 4.35. The first-order valence-corrected chi connectivity index (χ1v) is 6.90. The quantitative estimate of drug-likeness (QED) is 0.639. The lowest BCUT2D eigenvalue weighted by atomic mass is 9.64. The second-order valence-corrected chi connectivity index (χ2v) is 6.07. The average Bonchev–Trinajstić information content (AvgIpc) is 2.57. The van der Waals surface area contributed by atoms with Crippen LogP contribution in [0.5, 0.6) is 0 Å². The van der Waals surface area contributed by atoms with Crippen molar-refractivity contribution >= 4 is 5.91 Å². The standard InChI is InChI=1S/C13H25N3O2/c1-13(2)10(8-11(13)17)15-12(18)9-16-6-3-4-14-5-7-16/h10-11,14,17H,3-9H2,1-2H3,(H,15,18). The van der Waals surface area contributed by atoms with E-state index in [0.717, 1.165) is 32.6 Å². The van der Waals surface area contributed by atoms with Gasteiger partial charge in [-0.2, -0.15) is 0 Å². The van der Waals surface area contributed by atoms with Crippen molar-refractivity contribution in [3.05, 3.63) is 0 Å². The van der Waals surface area contributed by atoms with Crippen molar-refractivity contribution in [3.63, 3.8) is 0 Å². The number of carbonyl (C=O) groups is 1. The van der Waals surface area contributed by atoms with Crippen molar-refractivity contribution in [2.24, 2.45) is 5.41 Å². The molecule has 0 aromatic carbocycles. The first kappa shape index (κ1) is 13.8. The van der Waals surface area contributed by atoms with Crippen LogP contribution in [-0.4, -0.2) is 60.8 Å². The van der Waals surface area contributed by atoms with Crippen molar-refractivity contribution < 1.29 is 9.90 Å². The van der Waals surface area contributed by atoms with Crippen LogP contribution in [0.4, 0.5) is 0 Å². The van der Waals surface area contributed by atoms with Gasteiger partial charge in [-0.25, -0.2) is 0 Å². The van der Waals surface area contributed by atoms with Gasteiger partial charge in [-0.3, -0.25) is 9.69 Å². The van der Waals surface area contributed by atoms with Crippen molar-refractivity contribution in [1.82, 2.24) is 15.5 Å². The molecule has 1 aliphatic carbocycles. The zero-order valence-corrected chi connectivity index (χ0v) is 11.4. The highest BCUT2D eigenvalue weighted by Gasteiger charge is 2.47. The zero-order chi connectivity index (χ0) is 13.2. The summed E-state index contributed by atoms with van der Waals surface area (Å²) in [7, 11) is 0. The van der Waals surface area contributed by atoms with Crippen LogP contribution >= 0.6 is 0 Å². The Bertz CT molecular complexity index is 299. The molecule has 5 heteroatoms. The fraction of sp³-hybridized carbons (Fsp3) is 0.923. The van der Waals surface area contributed by atoms with E-state index in [9.17, 15) is 9.90 Å². The maximum Gasteiger partial charge on any atom is 0.234 e. The largest absolute Gasteiger partial charge is 0.392 e. The van der Waals surface area contributed by atoms with Crippen LogP contribution < -0.4 is 10.6 Å².